The van der Waals surface area contributed by atoms with E-state index in [2.05, 4.69) is 10.6 Å². The molecule has 0 bridgehead atoms. The van der Waals surface area contributed by atoms with Gasteiger partial charge in [-0.1, -0.05) is 6.07 Å². The van der Waals surface area contributed by atoms with Crippen molar-refractivity contribution in [2.24, 2.45) is 5.73 Å². The Kier molecular flexibility index (Phi) is 6.24. The van der Waals surface area contributed by atoms with Crippen LogP contribution in [0.25, 0.3) is 0 Å². The van der Waals surface area contributed by atoms with Crippen LogP contribution in [-0.4, -0.2) is 36.8 Å². The number of alkyl carbamates (subject to hydrolysis) is 1. The summed E-state index contributed by atoms with van der Waals surface area (Å²) < 4.78 is 10.3. The van der Waals surface area contributed by atoms with Crippen LogP contribution in [0.1, 0.15) is 27.7 Å². The fraction of sp³-hybridized carbons (Fsp3) is 0.500. The van der Waals surface area contributed by atoms with Crippen molar-refractivity contribution >= 4 is 17.7 Å². The van der Waals surface area contributed by atoms with Crippen molar-refractivity contribution in [1.82, 2.24) is 5.32 Å². The molecule has 0 aliphatic rings. The number of hydrogen-bond donors (Lipinski definition) is 3. The summed E-state index contributed by atoms with van der Waals surface area (Å²) in [4.78, 5) is 23.5. The first-order valence-corrected chi connectivity index (χ1v) is 7.32. The summed E-state index contributed by atoms with van der Waals surface area (Å²) >= 11 is 0. The van der Waals surface area contributed by atoms with Crippen LogP contribution in [0.15, 0.2) is 24.3 Å². The number of ether oxygens (including phenoxy) is 2. The van der Waals surface area contributed by atoms with Crippen molar-refractivity contribution < 1.29 is 19.1 Å². The van der Waals surface area contributed by atoms with Crippen LogP contribution in [0.5, 0.6) is 5.75 Å². The predicted molar refractivity (Wildman–Crippen MR) is 88.4 cm³/mol. The van der Waals surface area contributed by atoms with Crippen LogP contribution < -0.4 is 21.1 Å². The molecule has 128 valence electrons. The molecule has 0 aliphatic heterocycles. The predicted octanol–water partition coefficient (Wildman–Crippen LogP) is 1.87. The number of amides is 2. The highest BCUT2D eigenvalue weighted by Gasteiger charge is 2.26. The SMILES string of the molecule is COc1cccc(NC(C(N)=O)C(C)NC(=O)OC(C)(C)C)c1. The third-order valence-electron chi connectivity index (χ3n) is 2.94. The maximum absolute atomic E-state index is 11.8. The van der Waals surface area contributed by atoms with E-state index in [-0.39, 0.29) is 0 Å². The van der Waals surface area contributed by atoms with E-state index in [1.54, 1.807) is 59.1 Å². The Morgan fingerprint density at radius 2 is 1.91 bits per heavy atom. The summed E-state index contributed by atoms with van der Waals surface area (Å²) in [7, 11) is 1.55. The molecule has 0 heterocycles. The highest BCUT2D eigenvalue weighted by atomic mass is 16.6. The normalized spacial score (nSPS) is 13.6. The second-order valence-electron chi connectivity index (χ2n) is 6.19. The van der Waals surface area contributed by atoms with Crippen molar-refractivity contribution in [3.05, 3.63) is 24.3 Å². The molecule has 1 rings (SSSR count). The van der Waals surface area contributed by atoms with Crippen molar-refractivity contribution in [3.63, 3.8) is 0 Å². The van der Waals surface area contributed by atoms with Gasteiger partial charge in [-0.2, -0.15) is 0 Å². The molecule has 1 aromatic rings. The molecule has 2 atom stereocenters. The standard InChI is InChI=1S/C16H25N3O4/c1-10(18-15(21)23-16(2,3)4)13(14(17)20)19-11-7-6-8-12(9-11)22-5/h6-10,13,19H,1-5H3,(H2,17,20)(H,18,21). The lowest BCUT2D eigenvalue weighted by Gasteiger charge is -2.26. The smallest absolute Gasteiger partial charge is 0.407 e. The molecule has 0 saturated heterocycles. The van der Waals surface area contributed by atoms with Gasteiger partial charge in [0.2, 0.25) is 5.91 Å². The lowest BCUT2D eigenvalue weighted by atomic mass is 10.1. The Balaban J connectivity index is 2.77. The Hall–Kier alpha value is -2.44. The zero-order valence-corrected chi connectivity index (χ0v) is 14.2. The molecule has 0 saturated carbocycles. The summed E-state index contributed by atoms with van der Waals surface area (Å²) in [6.07, 6.45) is -0.608. The van der Waals surface area contributed by atoms with Gasteiger partial charge in [0.25, 0.3) is 0 Å². The molecule has 0 spiro atoms. The number of hydrogen-bond acceptors (Lipinski definition) is 5. The van der Waals surface area contributed by atoms with Gasteiger partial charge in [0.1, 0.15) is 17.4 Å². The van der Waals surface area contributed by atoms with Gasteiger partial charge >= 0.3 is 6.09 Å². The zero-order valence-electron chi connectivity index (χ0n) is 14.2. The van der Waals surface area contributed by atoms with E-state index in [1.807, 2.05) is 0 Å². The maximum atomic E-state index is 11.8. The molecule has 1 aromatic carbocycles. The minimum atomic E-state index is -0.797. The zero-order chi connectivity index (χ0) is 17.6. The fourth-order valence-electron chi connectivity index (χ4n) is 1.91. The number of carbonyl (C=O) groups is 2. The van der Waals surface area contributed by atoms with Gasteiger partial charge in [0, 0.05) is 11.8 Å². The highest BCUT2D eigenvalue weighted by Crippen LogP contribution is 2.18. The van der Waals surface area contributed by atoms with Crippen LogP contribution in [-0.2, 0) is 9.53 Å². The largest absolute Gasteiger partial charge is 0.497 e. The van der Waals surface area contributed by atoms with Crippen LogP contribution in [0.3, 0.4) is 0 Å². The Bertz CT molecular complexity index is 555. The average Bonchev–Trinajstić information content (AvgIpc) is 2.42. The van der Waals surface area contributed by atoms with Crippen molar-refractivity contribution in [3.8, 4) is 5.75 Å². The monoisotopic (exact) mass is 323 g/mol. The molecule has 7 heteroatoms. The van der Waals surface area contributed by atoms with Crippen LogP contribution >= 0.6 is 0 Å². The lowest BCUT2D eigenvalue weighted by Crippen LogP contribution is -2.52. The fourth-order valence-corrected chi connectivity index (χ4v) is 1.91. The molecule has 2 amide bonds. The highest BCUT2D eigenvalue weighted by molar-refractivity contribution is 5.84. The van der Waals surface area contributed by atoms with Crippen molar-refractivity contribution in [2.45, 2.75) is 45.4 Å². The first-order chi connectivity index (χ1) is 10.6. The summed E-state index contributed by atoms with van der Waals surface area (Å²) in [5.41, 5.74) is 5.47. The van der Waals surface area contributed by atoms with Crippen molar-refractivity contribution in [2.75, 3.05) is 12.4 Å². The molecule has 0 fully saturated rings. The molecule has 4 N–H and O–H groups in total. The number of nitrogens with two attached hydrogens (primary N) is 1. The van der Waals surface area contributed by atoms with Gasteiger partial charge in [-0.3, -0.25) is 4.79 Å². The number of benzene rings is 1. The van der Waals surface area contributed by atoms with E-state index in [9.17, 15) is 9.59 Å². The summed E-state index contributed by atoms with van der Waals surface area (Å²) in [5.74, 6) is 0.0577. The first kappa shape index (κ1) is 18.6. The van der Waals surface area contributed by atoms with E-state index in [1.165, 1.54) is 0 Å². The average molecular weight is 323 g/mol. The Morgan fingerprint density at radius 1 is 1.26 bits per heavy atom. The minimum Gasteiger partial charge on any atom is -0.497 e. The quantitative estimate of drug-likeness (QED) is 0.741. The van der Waals surface area contributed by atoms with Gasteiger partial charge < -0.3 is 25.8 Å². The lowest BCUT2D eigenvalue weighted by molar-refractivity contribution is -0.119. The molecule has 2 unspecified atom stereocenters. The second-order valence-corrected chi connectivity index (χ2v) is 6.19. The molecule has 0 radical (unpaired) electrons. The van der Waals surface area contributed by atoms with Gasteiger partial charge in [-0.25, -0.2) is 4.79 Å². The van der Waals surface area contributed by atoms with Crippen LogP contribution in [0.4, 0.5) is 10.5 Å². The number of carbonyl (C=O) groups excluding carboxylic acids is 2. The van der Waals surface area contributed by atoms with Gasteiger partial charge in [-0.05, 0) is 39.8 Å². The molecule has 0 aromatic heterocycles. The van der Waals surface area contributed by atoms with Crippen LogP contribution in [0.2, 0.25) is 0 Å². The van der Waals surface area contributed by atoms with Crippen LogP contribution in [0, 0.1) is 0 Å². The molecule has 0 aliphatic carbocycles. The third-order valence-corrected chi connectivity index (χ3v) is 2.94. The second kappa shape index (κ2) is 7.71. The first-order valence-electron chi connectivity index (χ1n) is 7.32. The Labute approximate surface area is 136 Å². The van der Waals surface area contributed by atoms with E-state index in [4.69, 9.17) is 15.2 Å². The van der Waals surface area contributed by atoms with E-state index in [0.717, 1.165) is 0 Å². The molecular formula is C16H25N3O4. The number of anilines is 1. The van der Waals surface area contributed by atoms with E-state index in [0.29, 0.717) is 11.4 Å². The van der Waals surface area contributed by atoms with E-state index < -0.39 is 29.7 Å². The summed E-state index contributed by atoms with van der Waals surface area (Å²) in [5, 5.41) is 5.61. The number of methoxy groups -OCH3 is 1. The van der Waals surface area contributed by atoms with Gasteiger partial charge in [-0.15, -0.1) is 0 Å². The molecule has 7 nitrogen and oxygen atoms in total. The topological polar surface area (TPSA) is 103 Å². The third kappa shape index (κ3) is 6.46. The number of primary amides is 1. The number of nitrogens with one attached hydrogen (secondary N) is 2. The molecule has 23 heavy (non-hydrogen) atoms. The van der Waals surface area contributed by atoms with Gasteiger partial charge in [0.05, 0.1) is 13.2 Å². The Morgan fingerprint density at radius 3 is 2.43 bits per heavy atom. The summed E-state index contributed by atoms with van der Waals surface area (Å²) in [6, 6.07) is 5.72. The summed E-state index contributed by atoms with van der Waals surface area (Å²) in [6.45, 7) is 6.96. The number of rotatable bonds is 6. The van der Waals surface area contributed by atoms with Crippen molar-refractivity contribution in [1.29, 1.82) is 0 Å². The van der Waals surface area contributed by atoms with E-state index >= 15 is 0 Å². The minimum absolute atomic E-state index is 0.562. The molecular weight excluding hydrogens is 298 g/mol. The maximum Gasteiger partial charge on any atom is 0.407 e. The van der Waals surface area contributed by atoms with Gasteiger partial charge in [0.15, 0.2) is 0 Å².